The summed E-state index contributed by atoms with van der Waals surface area (Å²) in [7, 11) is 0. The molecule has 0 aromatic rings. The van der Waals surface area contributed by atoms with Crippen LogP contribution in [0.3, 0.4) is 0 Å². The van der Waals surface area contributed by atoms with Gasteiger partial charge in [-0.05, 0) is 19.1 Å². The Hall–Kier alpha value is 0.314. The van der Waals surface area contributed by atoms with Crippen LogP contribution in [0.5, 0.6) is 0 Å². The van der Waals surface area contributed by atoms with Gasteiger partial charge < -0.3 is 15.5 Å². The van der Waals surface area contributed by atoms with Gasteiger partial charge in [0.25, 0.3) is 0 Å². The summed E-state index contributed by atoms with van der Waals surface area (Å²) in [5.74, 6) is 0.860. The first-order valence-corrected chi connectivity index (χ1v) is 2.95. The van der Waals surface area contributed by atoms with Crippen LogP contribution in [0.2, 0.25) is 0 Å². The maximum absolute atomic E-state index is 10.5. The summed E-state index contributed by atoms with van der Waals surface area (Å²) in [4.78, 5) is 20.3. The first-order chi connectivity index (χ1) is 4.18. The van der Waals surface area contributed by atoms with Crippen molar-refractivity contribution in [3.63, 3.8) is 0 Å². The molecule has 0 unspecified atom stereocenters. The van der Waals surface area contributed by atoms with E-state index in [4.69, 9.17) is 0 Å². The van der Waals surface area contributed by atoms with Gasteiger partial charge in [-0.1, -0.05) is 0 Å². The number of aldehydes is 1. The van der Waals surface area contributed by atoms with Crippen molar-refractivity contribution in [2.75, 3.05) is 0 Å². The molecule has 3 heteroatoms. The minimum Gasteiger partial charge on any atom is -0.334 e. The summed E-state index contributed by atoms with van der Waals surface area (Å²) in [6, 6.07) is 0. The minimum atomic E-state index is 0. The van der Waals surface area contributed by atoms with Crippen LogP contribution in [0.15, 0.2) is 0 Å². The molecule has 55 valence electrons. The van der Waals surface area contributed by atoms with Crippen molar-refractivity contribution in [2.45, 2.75) is 26.7 Å². The number of rotatable bonds is 4. The van der Waals surface area contributed by atoms with Crippen LogP contribution in [-0.4, -0.2) is 12.1 Å². The van der Waals surface area contributed by atoms with Crippen LogP contribution in [0, 0.1) is 5.92 Å². The van der Waals surface area contributed by atoms with Gasteiger partial charge in [0, 0.05) is 32.7 Å². The van der Waals surface area contributed by atoms with Crippen molar-refractivity contribution in [1.82, 2.24) is 0 Å². The second-order valence-corrected chi connectivity index (χ2v) is 2.04. The van der Waals surface area contributed by atoms with Crippen LogP contribution >= 0.6 is 0 Å². The molecule has 0 spiro atoms. The van der Waals surface area contributed by atoms with E-state index in [1.807, 2.05) is 0 Å². The summed E-state index contributed by atoms with van der Waals surface area (Å²) in [6.45, 7) is 3.27. The van der Waals surface area contributed by atoms with Gasteiger partial charge in [-0.2, -0.15) is 13.3 Å². The molecule has 0 rings (SSSR count). The molecule has 0 aromatic carbocycles. The third-order valence-corrected chi connectivity index (χ3v) is 1.24. The summed E-state index contributed by atoms with van der Waals surface area (Å²) >= 11 is 0. The second kappa shape index (κ2) is 7.42. The fourth-order valence-electron chi connectivity index (χ4n) is 0.451. The molecular formula is C7H11O2Y-. The smallest absolute Gasteiger partial charge is 0.117 e. The number of ketones is 1. The average Bonchev–Trinajstić information content (AvgIpc) is 1.82. The van der Waals surface area contributed by atoms with Gasteiger partial charge >= 0.3 is 0 Å². The van der Waals surface area contributed by atoms with Gasteiger partial charge in [0.05, 0.1) is 0 Å². The molecule has 0 aliphatic carbocycles. The molecule has 0 aromatic heterocycles. The molecule has 0 atom stereocenters. The van der Waals surface area contributed by atoms with Crippen molar-refractivity contribution in [3.05, 3.63) is 5.92 Å². The van der Waals surface area contributed by atoms with Gasteiger partial charge in [0.1, 0.15) is 6.29 Å². The quantitative estimate of drug-likeness (QED) is 0.521. The number of carbonyl (C=O) groups is 2. The van der Waals surface area contributed by atoms with Crippen LogP contribution in [0.1, 0.15) is 26.7 Å². The second-order valence-electron chi connectivity index (χ2n) is 2.04. The van der Waals surface area contributed by atoms with E-state index in [0.29, 0.717) is 12.8 Å². The Morgan fingerprint density at radius 3 is 2.40 bits per heavy atom. The maximum Gasteiger partial charge on any atom is 0.117 e. The van der Waals surface area contributed by atoms with Crippen molar-refractivity contribution in [3.8, 4) is 0 Å². The third-order valence-electron chi connectivity index (χ3n) is 1.24. The molecule has 10 heavy (non-hydrogen) atoms. The molecule has 0 bridgehead atoms. The van der Waals surface area contributed by atoms with E-state index in [1.54, 1.807) is 6.92 Å². The molecule has 1 radical (unpaired) electrons. The topological polar surface area (TPSA) is 34.1 Å². The third kappa shape index (κ3) is 6.43. The Bertz CT molecular complexity index is 112. The van der Waals surface area contributed by atoms with E-state index in [2.05, 4.69) is 0 Å². The zero-order valence-corrected chi connectivity index (χ0v) is 9.22. The van der Waals surface area contributed by atoms with Gasteiger partial charge in [-0.15, -0.1) is 0 Å². The van der Waals surface area contributed by atoms with Crippen LogP contribution < -0.4 is 0 Å². The van der Waals surface area contributed by atoms with Crippen LogP contribution in [-0.2, 0) is 42.3 Å². The predicted octanol–water partition coefficient (Wildman–Crippen LogP) is 1.15. The Morgan fingerprint density at radius 2 is 2.10 bits per heavy atom. The molecular weight excluding hydrogens is 205 g/mol. The van der Waals surface area contributed by atoms with Crippen molar-refractivity contribution in [2.24, 2.45) is 0 Å². The number of hydrogen-bond donors (Lipinski definition) is 0. The number of Topliss-reactive ketones (excluding diaryl/α,β-unsaturated/α-hetero) is 1. The van der Waals surface area contributed by atoms with Gasteiger partial charge in [-0.3, -0.25) is 0 Å². The number of carbonyl (C=O) groups excluding carboxylic acids is 2. The largest absolute Gasteiger partial charge is 0.334 e. The summed E-state index contributed by atoms with van der Waals surface area (Å²) in [6.07, 6.45) is 1.90. The summed E-state index contributed by atoms with van der Waals surface area (Å²) in [5, 5.41) is 0. The van der Waals surface area contributed by atoms with E-state index in [9.17, 15) is 9.59 Å². The van der Waals surface area contributed by atoms with E-state index in [0.717, 1.165) is 12.2 Å². The number of hydrogen-bond acceptors (Lipinski definition) is 2. The molecule has 0 N–H and O–H groups in total. The molecule has 0 aliphatic heterocycles. The maximum atomic E-state index is 10.5. The zero-order valence-electron chi connectivity index (χ0n) is 6.39. The SMILES string of the molecule is CC(=O)[C-](C)CCC=O.[Y]. The molecule has 0 amide bonds. The summed E-state index contributed by atoms with van der Waals surface area (Å²) in [5.41, 5.74) is 0. The minimum absolute atomic E-state index is 0. The normalized spacial score (nSPS) is 7.80. The Balaban J connectivity index is 0. The molecule has 0 aliphatic rings. The molecule has 0 saturated carbocycles. The molecule has 0 heterocycles. The van der Waals surface area contributed by atoms with Crippen LogP contribution in [0.4, 0.5) is 0 Å². The Labute approximate surface area is 86.6 Å². The van der Waals surface area contributed by atoms with Crippen molar-refractivity contribution >= 4 is 12.1 Å². The van der Waals surface area contributed by atoms with E-state index in [1.165, 1.54) is 6.92 Å². The molecule has 2 nitrogen and oxygen atoms in total. The molecule has 0 fully saturated rings. The van der Waals surface area contributed by atoms with Gasteiger partial charge in [0.15, 0.2) is 0 Å². The Kier molecular flexibility index (Phi) is 9.61. The van der Waals surface area contributed by atoms with Crippen LogP contribution in [0.25, 0.3) is 0 Å². The average molecular weight is 216 g/mol. The summed E-state index contributed by atoms with van der Waals surface area (Å²) < 4.78 is 0. The monoisotopic (exact) mass is 216 g/mol. The fraction of sp³-hybridized carbons (Fsp3) is 0.571. The van der Waals surface area contributed by atoms with E-state index in [-0.39, 0.29) is 38.5 Å². The van der Waals surface area contributed by atoms with E-state index >= 15 is 0 Å². The van der Waals surface area contributed by atoms with E-state index < -0.39 is 0 Å². The van der Waals surface area contributed by atoms with Gasteiger partial charge in [0.2, 0.25) is 0 Å². The fourth-order valence-corrected chi connectivity index (χ4v) is 0.451. The first-order valence-electron chi connectivity index (χ1n) is 2.95. The van der Waals surface area contributed by atoms with Crippen molar-refractivity contribution < 1.29 is 42.3 Å². The first kappa shape index (κ1) is 12.9. The zero-order chi connectivity index (χ0) is 7.28. The Morgan fingerprint density at radius 1 is 1.60 bits per heavy atom. The standard InChI is InChI=1S/C7H11O2.Y/c1-6(7(2)9)4-3-5-8;/h5H,3-4H2,1-2H3;/q-1;. The van der Waals surface area contributed by atoms with Gasteiger partial charge in [-0.25, -0.2) is 0 Å². The van der Waals surface area contributed by atoms with Crippen molar-refractivity contribution in [1.29, 1.82) is 0 Å². The molecule has 0 saturated heterocycles. The predicted molar refractivity (Wildman–Crippen MR) is 34.9 cm³/mol.